The molecule has 0 unspecified atom stereocenters. The molecule has 0 saturated carbocycles. The highest BCUT2D eigenvalue weighted by Crippen LogP contribution is 2.22. The maximum atomic E-state index is 12.0. The van der Waals surface area contributed by atoms with E-state index >= 15 is 0 Å². The molecule has 6 nitrogen and oxygen atoms in total. The minimum absolute atomic E-state index is 0.161. The van der Waals surface area contributed by atoms with Crippen molar-refractivity contribution in [1.82, 2.24) is 15.2 Å². The number of piperazine rings is 1. The zero-order chi connectivity index (χ0) is 18.4. The van der Waals surface area contributed by atoms with E-state index in [1.54, 1.807) is 24.5 Å². The smallest absolute Gasteiger partial charge is 0.253 e. The summed E-state index contributed by atoms with van der Waals surface area (Å²) in [6.07, 6.45) is 4.91. The van der Waals surface area contributed by atoms with E-state index in [0.717, 1.165) is 37.6 Å². The molecule has 2 heterocycles. The molecule has 6 heteroatoms. The van der Waals surface area contributed by atoms with Gasteiger partial charge < -0.3 is 20.4 Å². The van der Waals surface area contributed by atoms with Crippen LogP contribution in [0.5, 0.6) is 0 Å². The highest BCUT2D eigenvalue weighted by Gasteiger charge is 2.14. The van der Waals surface area contributed by atoms with Crippen molar-refractivity contribution in [2.24, 2.45) is 0 Å². The van der Waals surface area contributed by atoms with Crippen molar-refractivity contribution in [3.8, 4) is 0 Å². The lowest BCUT2D eigenvalue weighted by molar-refractivity contribution is 0.0957. The van der Waals surface area contributed by atoms with Gasteiger partial charge in [0, 0.05) is 50.3 Å². The molecule has 0 radical (unpaired) electrons. The van der Waals surface area contributed by atoms with Gasteiger partial charge in [0.2, 0.25) is 0 Å². The lowest BCUT2D eigenvalue weighted by Crippen LogP contribution is -2.44. The van der Waals surface area contributed by atoms with Gasteiger partial charge in [0.15, 0.2) is 0 Å². The molecule has 2 N–H and O–H groups in total. The van der Waals surface area contributed by atoms with Gasteiger partial charge in [0.1, 0.15) is 0 Å². The Morgan fingerprint density at radius 3 is 2.58 bits per heavy atom. The predicted octanol–water partition coefficient (Wildman–Crippen LogP) is 2.49. The number of carbonyl (C=O) groups is 1. The molecule has 1 aliphatic rings. The standard InChI is InChI=1S/C20H25N5O/c1-3-8-22-20(26)16-13-18(15-21-14-16)23-17-4-6-19(7-5-17)25-11-9-24(2)10-12-25/h3-7,13-15,23H,1,8-12H2,2H3,(H,22,26). The van der Waals surface area contributed by atoms with Crippen LogP contribution in [0, 0.1) is 0 Å². The number of nitrogens with one attached hydrogen (secondary N) is 2. The molecule has 1 saturated heterocycles. The SMILES string of the molecule is C=CCNC(=O)c1cncc(Nc2ccc(N3CCN(C)CC3)cc2)c1. The van der Waals surface area contributed by atoms with Crippen LogP contribution in [0.3, 0.4) is 0 Å². The van der Waals surface area contributed by atoms with Gasteiger partial charge in [-0.1, -0.05) is 6.08 Å². The van der Waals surface area contributed by atoms with Crippen LogP contribution in [-0.2, 0) is 0 Å². The third kappa shape index (κ3) is 4.61. The van der Waals surface area contributed by atoms with Crippen LogP contribution in [0.25, 0.3) is 0 Å². The van der Waals surface area contributed by atoms with Crippen LogP contribution < -0.4 is 15.5 Å². The second-order valence-electron chi connectivity index (χ2n) is 6.42. The second kappa shape index (κ2) is 8.49. The maximum Gasteiger partial charge on any atom is 0.253 e. The van der Waals surface area contributed by atoms with Crippen LogP contribution in [0.4, 0.5) is 17.1 Å². The fourth-order valence-electron chi connectivity index (χ4n) is 2.89. The topological polar surface area (TPSA) is 60.5 Å². The summed E-state index contributed by atoms with van der Waals surface area (Å²) in [6.45, 7) is 8.31. The highest BCUT2D eigenvalue weighted by atomic mass is 16.1. The van der Waals surface area contributed by atoms with Crippen molar-refractivity contribution in [3.05, 3.63) is 60.9 Å². The van der Waals surface area contributed by atoms with E-state index in [1.165, 1.54) is 5.69 Å². The van der Waals surface area contributed by atoms with E-state index in [1.807, 2.05) is 0 Å². The predicted molar refractivity (Wildman–Crippen MR) is 106 cm³/mol. The molecule has 0 bridgehead atoms. The van der Waals surface area contributed by atoms with Gasteiger partial charge in [-0.3, -0.25) is 9.78 Å². The summed E-state index contributed by atoms with van der Waals surface area (Å²) in [5.41, 5.74) is 3.50. The van der Waals surface area contributed by atoms with Crippen LogP contribution in [0.1, 0.15) is 10.4 Å². The van der Waals surface area contributed by atoms with Crippen LogP contribution in [0.15, 0.2) is 55.4 Å². The number of hydrogen-bond acceptors (Lipinski definition) is 5. The van der Waals surface area contributed by atoms with E-state index in [2.05, 4.69) is 63.3 Å². The number of anilines is 3. The summed E-state index contributed by atoms with van der Waals surface area (Å²) in [4.78, 5) is 20.9. The van der Waals surface area contributed by atoms with Crippen molar-refractivity contribution in [1.29, 1.82) is 0 Å². The Morgan fingerprint density at radius 2 is 1.88 bits per heavy atom. The van der Waals surface area contributed by atoms with Gasteiger partial charge in [-0.05, 0) is 37.4 Å². The maximum absolute atomic E-state index is 12.0. The quantitative estimate of drug-likeness (QED) is 0.783. The highest BCUT2D eigenvalue weighted by molar-refractivity contribution is 5.94. The average Bonchev–Trinajstić information content (AvgIpc) is 2.67. The Bertz CT molecular complexity index is 751. The monoisotopic (exact) mass is 351 g/mol. The number of nitrogens with zero attached hydrogens (tertiary/aromatic N) is 3. The summed E-state index contributed by atoms with van der Waals surface area (Å²) in [5.74, 6) is -0.161. The largest absolute Gasteiger partial charge is 0.369 e. The van der Waals surface area contributed by atoms with Gasteiger partial charge in [0.25, 0.3) is 5.91 Å². The average molecular weight is 351 g/mol. The first-order valence-corrected chi connectivity index (χ1v) is 8.80. The van der Waals surface area contributed by atoms with E-state index < -0.39 is 0 Å². The number of likely N-dealkylation sites (N-methyl/N-ethyl adjacent to an activating group) is 1. The first-order valence-electron chi connectivity index (χ1n) is 8.80. The van der Waals surface area contributed by atoms with Gasteiger partial charge in [-0.2, -0.15) is 0 Å². The van der Waals surface area contributed by atoms with Gasteiger partial charge in [-0.15, -0.1) is 6.58 Å². The molecule has 26 heavy (non-hydrogen) atoms. The van der Waals surface area contributed by atoms with E-state index in [4.69, 9.17) is 0 Å². The van der Waals surface area contributed by atoms with Gasteiger partial charge in [0.05, 0.1) is 17.4 Å². The first kappa shape index (κ1) is 17.9. The molecule has 0 spiro atoms. The van der Waals surface area contributed by atoms with Crippen LogP contribution in [0.2, 0.25) is 0 Å². The zero-order valence-corrected chi connectivity index (χ0v) is 15.1. The molecule has 1 amide bonds. The summed E-state index contributed by atoms with van der Waals surface area (Å²) in [7, 11) is 2.16. The fourth-order valence-corrected chi connectivity index (χ4v) is 2.89. The Hall–Kier alpha value is -2.86. The summed E-state index contributed by atoms with van der Waals surface area (Å²) >= 11 is 0. The molecule has 1 aromatic heterocycles. The number of rotatable bonds is 6. The molecule has 0 aliphatic carbocycles. The summed E-state index contributed by atoms with van der Waals surface area (Å²) in [5, 5.41) is 6.06. The number of aromatic nitrogens is 1. The Kier molecular flexibility index (Phi) is 5.86. The van der Waals surface area contributed by atoms with Crippen LogP contribution >= 0.6 is 0 Å². The number of pyridine rings is 1. The first-order chi connectivity index (χ1) is 12.7. The molecule has 1 fully saturated rings. The van der Waals surface area contributed by atoms with Crippen molar-refractivity contribution in [2.45, 2.75) is 0 Å². The normalized spacial score (nSPS) is 14.7. The molecule has 3 rings (SSSR count). The lowest BCUT2D eigenvalue weighted by atomic mass is 10.2. The van der Waals surface area contributed by atoms with E-state index in [9.17, 15) is 4.79 Å². The molecular weight excluding hydrogens is 326 g/mol. The van der Waals surface area contributed by atoms with E-state index in [-0.39, 0.29) is 5.91 Å². The summed E-state index contributed by atoms with van der Waals surface area (Å²) < 4.78 is 0. The summed E-state index contributed by atoms with van der Waals surface area (Å²) in [6, 6.07) is 10.2. The van der Waals surface area contributed by atoms with Gasteiger partial charge in [-0.25, -0.2) is 0 Å². The van der Waals surface area contributed by atoms with E-state index in [0.29, 0.717) is 12.1 Å². The second-order valence-corrected chi connectivity index (χ2v) is 6.42. The molecule has 2 aromatic rings. The third-order valence-electron chi connectivity index (χ3n) is 4.43. The minimum atomic E-state index is -0.161. The molecule has 1 aromatic carbocycles. The molecule has 1 aliphatic heterocycles. The Labute approximate surface area is 154 Å². The number of benzene rings is 1. The Morgan fingerprint density at radius 1 is 1.15 bits per heavy atom. The number of hydrogen-bond donors (Lipinski definition) is 2. The molecule has 0 atom stereocenters. The minimum Gasteiger partial charge on any atom is -0.369 e. The van der Waals surface area contributed by atoms with Crippen molar-refractivity contribution in [3.63, 3.8) is 0 Å². The van der Waals surface area contributed by atoms with Crippen molar-refractivity contribution < 1.29 is 4.79 Å². The third-order valence-corrected chi connectivity index (χ3v) is 4.43. The molecule has 136 valence electrons. The Balaban J connectivity index is 1.64. The fraction of sp³-hybridized carbons (Fsp3) is 0.300. The molecular formula is C20H25N5O. The van der Waals surface area contributed by atoms with Crippen molar-refractivity contribution in [2.75, 3.05) is 50.0 Å². The van der Waals surface area contributed by atoms with Crippen molar-refractivity contribution >= 4 is 23.0 Å². The van der Waals surface area contributed by atoms with Gasteiger partial charge >= 0.3 is 0 Å². The lowest BCUT2D eigenvalue weighted by Gasteiger charge is -2.34. The number of carbonyl (C=O) groups excluding carboxylic acids is 1. The zero-order valence-electron chi connectivity index (χ0n) is 15.1. The number of amides is 1. The van der Waals surface area contributed by atoms with Crippen LogP contribution in [-0.4, -0.2) is 55.6 Å².